The summed E-state index contributed by atoms with van der Waals surface area (Å²) in [4.78, 5) is 2.74. The second-order valence-electron chi connectivity index (χ2n) is 7.36. The summed E-state index contributed by atoms with van der Waals surface area (Å²) < 4.78 is 33.1. The first-order chi connectivity index (χ1) is 13.6. The van der Waals surface area contributed by atoms with E-state index in [1.807, 2.05) is 0 Å². The Kier molecular flexibility index (Phi) is 7.48. The molecule has 1 N–H and O–H groups in total. The summed E-state index contributed by atoms with van der Waals surface area (Å²) in [6.07, 6.45) is 5.20. The molecule has 28 heavy (non-hydrogen) atoms. The average molecular weight is 403 g/mol. The first-order valence-electron chi connectivity index (χ1n) is 9.99. The van der Waals surface area contributed by atoms with Gasteiger partial charge in [-0.3, -0.25) is 0 Å². The number of ether oxygens (including phenoxy) is 1. The van der Waals surface area contributed by atoms with Gasteiger partial charge in [0.1, 0.15) is 5.75 Å². The van der Waals surface area contributed by atoms with Gasteiger partial charge >= 0.3 is 0 Å². The highest BCUT2D eigenvalue weighted by Crippen LogP contribution is 2.18. The maximum Gasteiger partial charge on any atom is 0.240 e. The van der Waals surface area contributed by atoms with Crippen molar-refractivity contribution >= 4 is 10.0 Å². The van der Waals surface area contributed by atoms with Gasteiger partial charge in [-0.1, -0.05) is 30.3 Å². The zero-order chi connectivity index (χ0) is 19.8. The number of nitrogens with one attached hydrogen (secondary N) is 1. The van der Waals surface area contributed by atoms with E-state index in [9.17, 15) is 8.42 Å². The van der Waals surface area contributed by atoms with Gasteiger partial charge in [-0.05, 0) is 81.6 Å². The number of likely N-dealkylation sites (tertiary alicyclic amines) is 1. The predicted molar refractivity (Wildman–Crippen MR) is 112 cm³/mol. The molecule has 0 atom stereocenters. The van der Waals surface area contributed by atoms with Gasteiger partial charge in [0.2, 0.25) is 10.0 Å². The number of rotatable bonds is 9. The minimum Gasteiger partial charge on any atom is -0.497 e. The molecule has 2 aromatic carbocycles. The van der Waals surface area contributed by atoms with Crippen LogP contribution in [0.2, 0.25) is 0 Å². The van der Waals surface area contributed by atoms with Crippen LogP contribution in [0.25, 0.3) is 0 Å². The highest BCUT2D eigenvalue weighted by atomic mass is 32.2. The number of hydrogen-bond donors (Lipinski definition) is 1. The molecule has 1 aliphatic rings. The Hall–Kier alpha value is -1.89. The molecule has 0 amide bonds. The second kappa shape index (κ2) is 10.0. The predicted octanol–water partition coefficient (Wildman–Crippen LogP) is 3.46. The molecule has 1 fully saturated rings. The standard InChI is InChI=1S/C22H30N2O3S/c1-27-21-10-12-22(13-11-21)28(25,26)23-20-14-17-24(18-15-20)16-6-5-9-19-7-3-2-4-8-19/h2-4,7-8,10-13,20,23H,5-6,9,14-18H2,1H3. The maximum absolute atomic E-state index is 12.6. The molecule has 6 heteroatoms. The second-order valence-corrected chi connectivity index (χ2v) is 9.07. The number of piperidine rings is 1. The molecule has 1 saturated heterocycles. The fraction of sp³-hybridized carbons (Fsp3) is 0.455. The van der Waals surface area contributed by atoms with Gasteiger partial charge in [0.05, 0.1) is 12.0 Å². The van der Waals surface area contributed by atoms with Crippen LogP contribution in [-0.2, 0) is 16.4 Å². The smallest absolute Gasteiger partial charge is 0.240 e. The van der Waals surface area contributed by atoms with Crippen molar-refractivity contribution in [3.05, 3.63) is 60.2 Å². The van der Waals surface area contributed by atoms with Crippen molar-refractivity contribution in [3.8, 4) is 5.75 Å². The van der Waals surface area contributed by atoms with Crippen molar-refractivity contribution < 1.29 is 13.2 Å². The van der Waals surface area contributed by atoms with Gasteiger partial charge < -0.3 is 9.64 Å². The van der Waals surface area contributed by atoms with Gasteiger partial charge in [-0.15, -0.1) is 0 Å². The molecule has 152 valence electrons. The number of methoxy groups -OCH3 is 1. The zero-order valence-electron chi connectivity index (χ0n) is 16.5. The molecule has 5 nitrogen and oxygen atoms in total. The summed E-state index contributed by atoms with van der Waals surface area (Å²) in [6, 6.07) is 17.1. The molecule has 0 radical (unpaired) electrons. The number of unbranched alkanes of at least 4 members (excludes halogenated alkanes) is 1. The minimum absolute atomic E-state index is 0.00710. The van der Waals surface area contributed by atoms with Gasteiger partial charge in [-0.2, -0.15) is 0 Å². The summed E-state index contributed by atoms with van der Waals surface area (Å²) in [5.74, 6) is 0.652. The van der Waals surface area contributed by atoms with Crippen LogP contribution in [0.3, 0.4) is 0 Å². The van der Waals surface area contributed by atoms with Crippen LogP contribution in [0, 0.1) is 0 Å². The Morgan fingerprint density at radius 3 is 2.32 bits per heavy atom. The number of sulfonamides is 1. The van der Waals surface area contributed by atoms with Gasteiger partial charge in [0, 0.05) is 6.04 Å². The van der Waals surface area contributed by atoms with Crippen molar-refractivity contribution in [2.24, 2.45) is 0 Å². The number of hydrogen-bond acceptors (Lipinski definition) is 4. The lowest BCUT2D eigenvalue weighted by Crippen LogP contribution is -2.44. The van der Waals surface area contributed by atoms with E-state index in [1.54, 1.807) is 31.4 Å². The number of nitrogens with zero attached hydrogens (tertiary/aromatic N) is 1. The Bertz CT molecular complexity index is 815. The highest BCUT2D eigenvalue weighted by molar-refractivity contribution is 7.89. The van der Waals surface area contributed by atoms with E-state index in [0.717, 1.165) is 38.9 Å². The molecule has 0 aromatic heterocycles. The third-order valence-corrected chi connectivity index (χ3v) is 6.85. The quantitative estimate of drug-likeness (QED) is 0.653. The molecule has 0 spiro atoms. The Balaban J connectivity index is 1.38. The monoisotopic (exact) mass is 402 g/mol. The lowest BCUT2D eigenvalue weighted by molar-refractivity contribution is 0.204. The van der Waals surface area contributed by atoms with Gasteiger partial charge in [0.25, 0.3) is 0 Å². The summed E-state index contributed by atoms with van der Waals surface area (Å²) in [6.45, 7) is 2.98. The van der Waals surface area contributed by atoms with Crippen LogP contribution in [0.1, 0.15) is 31.2 Å². The Labute approximate surface area is 168 Å². The summed E-state index contributed by atoms with van der Waals surface area (Å²) in [5.41, 5.74) is 1.40. The maximum atomic E-state index is 12.6. The molecule has 2 aromatic rings. The summed E-state index contributed by atoms with van der Waals surface area (Å²) in [7, 11) is -1.91. The van der Waals surface area contributed by atoms with Crippen LogP contribution in [-0.4, -0.2) is 46.1 Å². The van der Waals surface area contributed by atoms with Crippen LogP contribution < -0.4 is 9.46 Å². The Morgan fingerprint density at radius 1 is 1.00 bits per heavy atom. The van der Waals surface area contributed by atoms with Crippen molar-refractivity contribution in [1.29, 1.82) is 0 Å². The van der Waals surface area contributed by atoms with E-state index in [2.05, 4.69) is 40.0 Å². The topological polar surface area (TPSA) is 58.6 Å². The van der Waals surface area contributed by atoms with Gasteiger partial charge in [-0.25, -0.2) is 13.1 Å². The van der Waals surface area contributed by atoms with E-state index in [4.69, 9.17) is 4.74 Å². The summed E-state index contributed by atoms with van der Waals surface area (Å²) >= 11 is 0. The summed E-state index contributed by atoms with van der Waals surface area (Å²) in [5, 5.41) is 0. The fourth-order valence-corrected chi connectivity index (χ4v) is 4.93. The fourth-order valence-electron chi connectivity index (χ4n) is 3.63. The highest BCUT2D eigenvalue weighted by Gasteiger charge is 2.24. The third kappa shape index (κ3) is 6.06. The van der Waals surface area contributed by atoms with E-state index in [-0.39, 0.29) is 10.9 Å². The van der Waals surface area contributed by atoms with Crippen LogP contribution >= 0.6 is 0 Å². The number of benzene rings is 2. The SMILES string of the molecule is COc1ccc(S(=O)(=O)NC2CCN(CCCCc3ccccc3)CC2)cc1. The normalized spacial score (nSPS) is 16.2. The largest absolute Gasteiger partial charge is 0.497 e. The van der Waals surface area contributed by atoms with Crippen molar-refractivity contribution in [2.45, 2.75) is 43.0 Å². The number of aryl methyl sites for hydroxylation is 1. The van der Waals surface area contributed by atoms with Crippen LogP contribution in [0.15, 0.2) is 59.5 Å². The third-order valence-electron chi connectivity index (χ3n) is 5.31. The minimum atomic E-state index is -3.48. The molecule has 0 saturated carbocycles. The molecular formula is C22H30N2O3S. The van der Waals surface area contributed by atoms with Crippen molar-refractivity contribution in [3.63, 3.8) is 0 Å². The van der Waals surface area contributed by atoms with E-state index < -0.39 is 10.0 Å². The van der Waals surface area contributed by atoms with E-state index >= 15 is 0 Å². The van der Waals surface area contributed by atoms with Crippen LogP contribution in [0.4, 0.5) is 0 Å². The van der Waals surface area contributed by atoms with Gasteiger partial charge in [0.15, 0.2) is 0 Å². The first kappa shape index (κ1) is 20.8. The Morgan fingerprint density at radius 2 is 1.68 bits per heavy atom. The molecule has 3 rings (SSSR count). The lowest BCUT2D eigenvalue weighted by atomic mass is 10.0. The van der Waals surface area contributed by atoms with Crippen molar-refractivity contribution in [2.75, 3.05) is 26.7 Å². The van der Waals surface area contributed by atoms with Crippen LogP contribution in [0.5, 0.6) is 5.75 Å². The average Bonchev–Trinajstić information content (AvgIpc) is 2.73. The van der Waals surface area contributed by atoms with E-state index in [0.29, 0.717) is 5.75 Å². The molecule has 0 unspecified atom stereocenters. The van der Waals surface area contributed by atoms with E-state index in [1.165, 1.54) is 18.4 Å². The molecule has 0 bridgehead atoms. The first-order valence-corrected chi connectivity index (χ1v) is 11.5. The molecule has 1 aliphatic heterocycles. The van der Waals surface area contributed by atoms with Crippen molar-refractivity contribution in [1.82, 2.24) is 9.62 Å². The molecular weight excluding hydrogens is 372 g/mol. The molecule has 0 aliphatic carbocycles. The lowest BCUT2D eigenvalue weighted by Gasteiger charge is -2.32. The molecule has 1 heterocycles. The zero-order valence-corrected chi connectivity index (χ0v) is 17.3.